The predicted molar refractivity (Wildman–Crippen MR) is 117 cm³/mol. The molecule has 160 valence electrons. The van der Waals surface area contributed by atoms with Crippen molar-refractivity contribution < 1.29 is 23.8 Å². The fourth-order valence-electron chi connectivity index (χ4n) is 2.67. The van der Waals surface area contributed by atoms with Gasteiger partial charge in [0.15, 0.2) is 0 Å². The summed E-state index contributed by atoms with van der Waals surface area (Å²) in [5, 5.41) is 13.9. The number of esters is 1. The maximum Gasteiger partial charge on any atom is 0.347 e. The van der Waals surface area contributed by atoms with Gasteiger partial charge >= 0.3 is 5.97 Å². The molecule has 7 nitrogen and oxygen atoms in total. The number of alkyl halides is 1. The second-order valence-corrected chi connectivity index (χ2v) is 8.03. The fourth-order valence-corrected chi connectivity index (χ4v) is 3.73. The van der Waals surface area contributed by atoms with Crippen LogP contribution in [0.3, 0.4) is 0 Å². The molecule has 0 aliphatic rings. The van der Waals surface area contributed by atoms with Crippen molar-refractivity contribution in [2.45, 2.75) is 37.7 Å². The lowest BCUT2D eigenvalue weighted by Gasteiger charge is -2.22. The van der Waals surface area contributed by atoms with Gasteiger partial charge in [0.25, 0.3) is 0 Å². The molecule has 0 amide bonds. The van der Waals surface area contributed by atoms with E-state index in [1.807, 2.05) is 6.92 Å². The van der Waals surface area contributed by atoms with E-state index in [4.69, 9.17) is 15.0 Å². The minimum absolute atomic E-state index is 0.0480. The third-order valence-electron chi connectivity index (χ3n) is 4.22. The van der Waals surface area contributed by atoms with E-state index in [0.717, 1.165) is 6.42 Å². The minimum atomic E-state index is -1.53. The van der Waals surface area contributed by atoms with E-state index in [0.29, 0.717) is 12.2 Å². The number of aliphatic hydroxyl groups is 1. The van der Waals surface area contributed by atoms with Crippen molar-refractivity contribution in [1.82, 2.24) is 0 Å². The first-order valence-electron chi connectivity index (χ1n) is 9.11. The van der Waals surface area contributed by atoms with Crippen molar-refractivity contribution in [1.29, 1.82) is 0 Å². The molecule has 0 spiro atoms. The largest absolute Gasteiger partial charge is 0.491 e. The summed E-state index contributed by atoms with van der Waals surface area (Å²) in [7, 11) is 0. The predicted octanol–water partition coefficient (Wildman–Crippen LogP) is 6.36. The van der Waals surface area contributed by atoms with Crippen molar-refractivity contribution in [2.75, 3.05) is 6.61 Å². The quantitative estimate of drug-likeness (QED) is 0.0579. The molecule has 0 aromatic heterocycles. The van der Waals surface area contributed by atoms with Gasteiger partial charge in [-0.15, -0.1) is 0 Å². The highest BCUT2D eigenvalue weighted by atomic mass is 79.9. The van der Waals surface area contributed by atoms with Crippen LogP contribution in [0.2, 0.25) is 0 Å². The highest BCUT2D eigenvalue weighted by Crippen LogP contribution is 2.42. The van der Waals surface area contributed by atoms with Crippen molar-refractivity contribution in [3.63, 3.8) is 0 Å². The Labute approximate surface area is 190 Å². The van der Waals surface area contributed by atoms with Gasteiger partial charge in [0, 0.05) is 16.0 Å². The standard InChI is InChI=1S/C20H20Br2FN3O4/c1-3-4-10-29-18-13(20(28)30-12-8-6-5-7-9-12)11(2)16(23)14(15(18)21)17(27)19(22)25-26-24/h5-9,17,19,27H,3-4,10H2,1-2H3. The summed E-state index contributed by atoms with van der Waals surface area (Å²) in [6.45, 7) is 3.64. The summed E-state index contributed by atoms with van der Waals surface area (Å²) in [6, 6.07) is 8.38. The number of benzene rings is 2. The molecular formula is C20H20Br2FN3O4. The molecule has 2 atom stereocenters. The summed E-state index contributed by atoms with van der Waals surface area (Å²) < 4.78 is 26.4. The molecule has 10 heteroatoms. The molecule has 2 unspecified atom stereocenters. The number of hydrogen-bond donors (Lipinski definition) is 1. The molecule has 0 saturated carbocycles. The zero-order valence-corrected chi connectivity index (χ0v) is 19.5. The summed E-state index contributed by atoms with van der Waals surface area (Å²) >= 11 is 6.28. The van der Waals surface area contributed by atoms with Gasteiger partial charge in [-0.25, -0.2) is 9.18 Å². The summed E-state index contributed by atoms with van der Waals surface area (Å²) in [5.74, 6) is -1.28. The van der Waals surface area contributed by atoms with E-state index in [9.17, 15) is 9.90 Å². The van der Waals surface area contributed by atoms with Crippen LogP contribution in [0.5, 0.6) is 11.5 Å². The zero-order chi connectivity index (χ0) is 22.3. The second kappa shape index (κ2) is 11.3. The molecule has 0 bridgehead atoms. The van der Waals surface area contributed by atoms with Gasteiger partial charge in [-0.05, 0) is 46.9 Å². The number of hydrogen-bond acceptors (Lipinski definition) is 5. The molecule has 0 heterocycles. The Morgan fingerprint density at radius 3 is 2.63 bits per heavy atom. The van der Waals surface area contributed by atoms with E-state index in [1.54, 1.807) is 30.3 Å². The fraction of sp³-hybridized carbons (Fsp3) is 0.350. The maximum absolute atomic E-state index is 15.2. The lowest BCUT2D eigenvalue weighted by Crippen LogP contribution is -2.19. The minimum Gasteiger partial charge on any atom is -0.491 e. The smallest absolute Gasteiger partial charge is 0.347 e. The van der Waals surface area contributed by atoms with Crippen LogP contribution in [-0.2, 0) is 0 Å². The number of carbonyl (C=O) groups excluding carboxylic acids is 1. The van der Waals surface area contributed by atoms with Gasteiger partial charge in [0.1, 0.15) is 33.9 Å². The normalized spacial score (nSPS) is 12.6. The Balaban J connectivity index is 2.59. The Kier molecular flexibility index (Phi) is 9.10. The van der Waals surface area contributed by atoms with Gasteiger partial charge in [0.2, 0.25) is 0 Å². The van der Waals surface area contributed by atoms with Crippen LogP contribution in [0, 0.1) is 12.7 Å². The number of aliphatic hydroxyl groups excluding tert-OH is 1. The lowest BCUT2D eigenvalue weighted by atomic mass is 9.99. The van der Waals surface area contributed by atoms with Gasteiger partial charge < -0.3 is 14.6 Å². The highest BCUT2D eigenvalue weighted by Gasteiger charge is 2.32. The number of carbonyl (C=O) groups is 1. The SMILES string of the molecule is CCCCOc1c(Br)c(C(O)C(Br)N=[N+]=[N-])c(F)c(C)c1C(=O)Oc1ccccc1. The van der Waals surface area contributed by atoms with Crippen molar-refractivity contribution in [3.05, 3.63) is 67.8 Å². The summed E-state index contributed by atoms with van der Waals surface area (Å²) in [6.07, 6.45) is 0.0206. The molecule has 2 rings (SSSR count). The number of para-hydroxylation sites is 1. The van der Waals surface area contributed by atoms with E-state index in [2.05, 4.69) is 41.9 Å². The highest BCUT2D eigenvalue weighted by molar-refractivity contribution is 9.10. The third kappa shape index (κ3) is 5.51. The molecular weight excluding hydrogens is 525 g/mol. The Morgan fingerprint density at radius 2 is 2.03 bits per heavy atom. The molecule has 0 fully saturated rings. The molecule has 2 aromatic rings. The monoisotopic (exact) mass is 543 g/mol. The zero-order valence-electron chi connectivity index (χ0n) is 16.3. The number of ether oxygens (including phenoxy) is 2. The van der Waals surface area contributed by atoms with Crippen molar-refractivity contribution in [2.24, 2.45) is 5.11 Å². The van der Waals surface area contributed by atoms with Gasteiger partial charge in [-0.2, -0.15) is 0 Å². The third-order valence-corrected chi connectivity index (χ3v) is 5.70. The van der Waals surface area contributed by atoms with Crippen molar-refractivity contribution in [3.8, 4) is 11.5 Å². The van der Waals surface area contributed by atoms with Crippen LogP contribution in [0.15, 0.2) is 39.9 Å². The Bertz CT molecular complexity index is 953. The molecule has 0 aliphatic heterocycles. The van der Waals surface area contributed by atoms with E-state index >= 15 is 4.39 Å². The molecule has 2 aromatic carbocycles. The number of nitrogens with zero attached hydrogens (tertiary/aromatic N) is 3. The van der Waals surface area contributed by atoms with Crippen LogP contribution in [-0.4, -0.2) is 22.6 Å². The average molecular weight is 545 g/mol. The Morgan fingerprint density at radius 1 is 1.37 bits per heavy atom. The number of halogens is 3. The second-order valence-electron chi connectivity index (χ2n) is 6.30. The average Bonchev–Trinajstić information content (AvgIpc) is 2.72. The van der Waals surface area contributed by atoms with Crippen LogP contribution >= 0.6 is 31.9 Å². The molecule has 30 heavy (non-hydrogen) atoms. The Hall–Kier alpha value is -2.13. The van der Waals surface area contributed by atoms with E-state index in [1.165, 1.54) is 6.92 Å². The van der Waals surface area contributed by atoms with Gasteiger partial charge in [-0.3, -0.25) is 0 Å². The van der Waals surface area contributed by atoms with Crippen LogP contribution in [0.1, 0.15) is 47.4 Å². The molecule has 0 aliphatic carbocycles. The van der Waals surface area contributed by atoms with Crippen LogP contribution in [0.25, 0.3) is 10.4 Å². The van der Waals surface area contributed by atoms with Crippen molar-refractivity contribution >= 4 is 37.8 Å². The number of rotatable bonds is 9. The first kappa shape index (κ1) is 24.1. The first-order valence-corrected chi connectivity index (χ1v) is 10.8. The maximum atomic E-state index is 15.2. The van der Waals surface area contributed by atoms with E-state index < -0.39 is 22.8 Å². The lowest BCUT2D eigenvalue weighted by molar-refractivity contribution is 0.0727. The van der Waals surface area contributed by atoms with Crippen LogP contribution in [0.4, 0.5) is 4.39 Å². The first-order chi connectivity index (χ1) is 14.3. The molecule has 0 radical (unpaired) electrons. The number of azide groups is 1. The topological polar surface area (TPSA) is 105 Å². The summed E-state index contributed by atoms with van der Waals surface area (Å²) in [5.41, 5.74) is 8.27. The summed E-state index contributed by atoms with van der Waals surface area (Å²) in [4.78, 5) is 14.4. The molecule has 1 N–H and O–H groups in total. The molecule has 0 saturated heterocycles. The van der Waals surface area contributed by atoms with Gasteiger partial charge in [-0.1, -0.05) is 52.6 Å². The number of unbranched alkanes of at least 4 members (excludes halogenated alkanes) is 1. The van der Waals surface area contributed by atoms with Crippen LogP contribution < -0.4 is 9.47 Å². The van der Waals surface area contributed by atoms with E-state index in [-0.39, 0.29) is 33.5 Å². The van der Waals surface area contributed by atoms with Gasteiger partial charge in [0.05, 0.1) is 11.1 Å².